The fraction of sp³-hybridized carbons (Fsp3) is 0.857. The van der Waals surface area contributed by atoms with Crippen LogP contribution >= 0.6 is 0 Å². The number of aromatic nitrogens is 2. The summed E-state index contributed by atoms with van der Waals surface area (Å²) in [5.41, 5.74) is -1.43. The van der Waals surface area contributed by atoms with Gasteiger partial charge in [-0.25, -0.2) is 0 Å². The molecular formula is C28H41F3N2O3. The number of fused-ring (bicyclic) bond motifs is 5. The van der Waals surface area contributed by atoms with Gasteiger partial charge in [0.25, 0.3) is 0 Å². The smallest absolute Gasteiger partial charge is 0.390 e. The minimum atomic E-state index is -4.50. The number of Topliss-reactive ketones (excluding diaryl/α,β-unsaturated/α-hetero) is 1. The maximum Gasteiger partial charge on any atom is 0.435 e. The van der Waals surface area contributed by atoms with Crippen LogP contribution in [0.15, 0.2) is 12.3 Å². The number of carbonyl (C=O) groups excluding carboxylic acids is 1. The quantitative estimate of drug-likeness (QED) is 0.518. The average Bonchev–Trinajstić information content (AvgIpc) is 3.41. The number of alkyl halides is 3. The van der Waals surface area contributed by atoms with Crippen LogP contribution in [0.3, 0.4) is 0 Å². The van der Waals surface area contributed by atoms with Crippen molar-refractivity contribution in [2.75, 3.05) is 13.7 Å². The number of halogens is 3. The Morgan fingerprint density at radius 3 is 2.61 bits per heavy atom. The third-order valence-corrected chi connectivity index (χ3v) is 11.1. The molecule has 202 valence electrons. The highest BCUT2D eigenvalue weighted by molar-refractivity contribution is 5.82. The summed E-state index contributed by atoms with van der Waals surface area (Å²) in [5.74, 6) is 2.04. The van der Waals surface area contributed by atoms with E-state index in [0.717, 1.165) is 81.6 Å². The van der Waals surface area contributed by atoms with Crippen molar-refractivity contribution in [3.05, 3.63) is 18.0 Å². The van der Waals surface area contributed by atoms with Gasteiger partial charge in [-0.1, -0.05) is 6.92 Å². The number of hydrogen-bond donors (Lipinski definition) is 1. The molecule has 0 unspecified atom stereocenters. The number of hydrogen-bond acceptors (Lipinski definition) is 4. The topological polar surface area (TPSA) is 64.3 Å². The summed E-state index contributed by atoms with van der Waals surface area (Å²) in [4.78, 5) is 13.4. The van der Waals surface area contributed by atoms with E-state index in [9.17, 15) is 23.1 Å². The predicted octanol–water partition coefficient (Wildman–Crippen LogP) is 5.90. The summed E-state index contributed by atoms with van der Waals surface area (Å²) >= 11 is 0. The number of aliphatic hydroxyl groups is 1. The first kappa shape index (κ1) is 26.2. The molecule has 36 heavy (non-hydrogen) atoms. The van der Waals surface area contributed by atoms with Crippen LogP contribution in [-0.2, 0) is 22.3 Å². The third kappa shape index (κ3) is 4.34. The van der Waals surface area contributed by atoms with Crippen molar-refractivity contribution in [3.8, 4) is 0 Å². The zero-order chi connectivity index (χ0) is 25.9. The van der Waals surface area contributed by atoms with Crippen molar-refractivity contribution in [2.45, 2.75) is 96.4 Å². The lowest BCUT2D eigenvalue weighted by Gasteiger charge is -2.63. The molecule has 1 aromatic rings. The van der Waals surface area contributed by atoms with Crippen molar-refractivity contribution in [1.29, 1.82) is 0 Å². The van der Waals surface area contributed by atoms with E-state index >= 15 is 0 Å². The maximum absolute atomic E-state index is 13.4. The highest BCUT2D eigenvalue weighted by atomic mass is 19.4. The summed E-state index contributed by atoms with van der Waals surface area (Å²) in [6.45, 7) is 4.91. The Kier molecular flexibility index (Phi) is 6.63. The minimum absolute atomic E-state index is 0.0202. The van der Waals surface area contributed by atoms with Crippen LogP contribution < -0.4 is 0 Å². The van der Waals surface area contributed by atoms with E-state index in [0.29, 0.717) is 23.7 Å². The number of ether oxygens (including phenoxy) is 1. The predicted molar refractivity (Wildman–Crippen MR) is 129 cm³/mol. The van der Waals surface area contributed by atoms with Gasteiger partial charge < -0.3 is 9.84 Å². The SMILES string of the molecule is COCC[C@]12CC[C@@](C)(O)C[C@H]1CC[C@H]1[C@@H]3CC[C@H](C(=O)Cn4ccc(C(F)(F)F)n4)[C@@]3(C)CC[C@@H]12. The summed E-state index contributed by atoms with van der Waals surface area (Å²) in [5, 5.41) is 14.5. The van der Waals surface area contributed by atoms with Gasteiger partial charge in [-0.2, -0.15) is 18.3 Å². The summed E-state index contributed by atoms with van der Waals surface area (Å²) in [6, 6.07) is 0.942. The normalized spacial score (nSPS) is 42.5. The first-order valence-electron chi connectivity index (χ1n) is 13.7. The molecule has 0 bridgehead atoms. The van der Waals surface area contributed by atoms with Gasteiger partial charge in [-0.05, 0) is 112 Å². The van der Waals surface area contributed by atoms with E-state index in [-0.39, 0.29) is 29.1 Å². The lowest BCUT2D eigenvalue weighted by atomic mass is 9.42. The number of carbonyl (C=O) groups is 1. The molecule has 5 nitrogen and oxygen atoms in total. The minimum Gasteiger partial charge on any atom is -0.390 e. The number of methoxy groups -OCH3 is 1. The highest BCUT2D eigenvalue weighted by Gasteiger charge is 2.62. The van der Waals surface area contributed by atoms with Crippen LogP contribution in [0, 0.1) is 40.4 Å². The molecule has 4 aliphatic rings. The zero-order valence-corrected chi connectivity index (χ0v) is 21.8. The molecular weight excluding hydrogens is 469 g/mol. The Morgan fingerprint density at radius 2 is 1.92 bits per heavy atom. The van der Waals surface area contributed by atoms with Crippen LogP contribution in [0.1, 0.15) is 83.7 Å². The van der Waals surface area contributed by atoms with E-state index in [1.54, 1.807) is 7.11 Å². The number of rotatable bonds is 6. The van der Waals surface area contributed by atoms with Gasteiger partial charge in [0.1, 0.15) is 0 Å². The van der Waals surface area contributed by atoms with Crippen molar-refractivity contribution in [2.24, 2.45) is 40.4 Å². The molecule has 1 N–H and O–H groups in total. The standard InChI is InChI=1S/C28H41F3N2O3/c1-25(35)11-12-27(13-15-36-3)18(16-25)4-5-19-20-6-7-22(26(20,2)10-8-21(19)27)23(34)17-33-14-9-24(32-33)28(29,30)31/h9,14,18-22,35H,4-8,10-13,15-17H2,1-3H3/t18-,19+,20+,21+,22-,25-,26+,27-/m1/s1. The Hall–Kier alpha value is -1.41. The van der Waals surface area contributed by atoms with Crippen molar-refractivity contribution < 1.29 is 27.8 Å². The lowest BCUT2D eigenvalue weighted by molar-refractivity contribution is -0.163. The molecule has 0 saturated heterocycles. The van der Waals surface area contributed by atoms with Gasteiger partial charge in [0.2, 0.25) is 0 Å². The van der Waals surface area contributed by atoms with Crippen molar-refractivity contribution in [3.63, 3.8) is 0 Å². The Balaban J connectivity index is 1.34. The molecule has 8 heteroatoms. The van der Waals surface area contributed by atoms with Gasteiger partial charge in [-0.15, -0.1) is 0 Å². The fourth-order valence-corrected chi connectivity index (χ4v) is 9.42. The molecule has 0 radical (unpaired) electrons. The van der Waals surface area contributed by atoms with Gasteiger partial charge >= 0.3 is 6.18 Å². The molecule has 4 saturated carbocycles. The van der Waals surface area contributed by atoms with Crippen LogP contribution in [0.2, 0.25) is 0 Å². The Labute approximate surface area is 212 Å². The van der Waals surface area contributed by atoms with Gasteiger partial charge in [0.05, 0.1) is 12.1 Å². The second-order valence-corrected chi connectivity index (χ2v) is 12.9. The molecule has 0 amide bonds. The van der Waals surface area contributed by atoms with Crippen LogP contribution in [0.25, 0.3) is 0 Å². The molecule has 5 rings (SSSR count). The second kappa shape index (κ2) is 9.11. The molecule has 4 fully saturated rings. The molecule has 0 spiro atoms. The average molecular weight is 511 g/mol. The first-order chi connectivity index (χ1) is 16.9. The molecule has 0 aromatic carbocycles. The largest absolute Gasteiger partial charge is 0.435 e. The van der Waals surface area contributed by atoms with Crippen molar-refractivity contribution >= 4 is 5.78 Å². The van der Waals surface area contributed by atoms with Gasteiger partial charge in [-0.3, -0.25) is 9.48 Å². The summed E-state index contributed by atoms with van der Waals surface area (Å²) < 4.78 is 45.6. The fourth-order valence-electron chi connectivity index (χ4n) is 9.42. The van der Waals surface area contributed by atoms with E-state index in [1.165, 1.54) is 6.20 Å². The summed E-state index contributed by atoms with van der Waals surface area (Å²) in [6.07, 6.45) is 6.74. The third-order valence-electron chi connectivity index (χ3n) is 11.1. The zero-order valence-electron chi connectivity index (χ0n) is 21.8. The Bertz CT molecular complexity index is 975. The molecule has 1 heterocycles. The lowest BCUT2D eigenvalue weighted by Crippen LogP contribution is -2.57. The Morgan fingerprint density at radius 1 is 1.14 bits per heavy atom. The van der Waals surface area contributed by atoms with E-state index in [4.69, 9.17) is 4.74 Å². The van der Waals surface area contributed by atoms with E-state index < -0.39 is 17.5 Å². The molecule has 4 aliphatic carbocycles. The van der Waals surface area contributed by atoms with E-state index in [1.807, 2.05) is 6.92 Å². The van der Waals surface area contributed by atoms with Crippen LogP contribution in [0.4, 0.5) is 13.2 Å². The van der Waals surface area contributed by atoms with Crippen LogP contribution in [0.5, 0.6) is 0 Å². The molecule has 8 atom stereocenters. The maximum atomic E-state index is 13.4. The first-order valence-corrected chi connectivity index (χ1v) is 13.7. The summed E-state index contributed by atoms with van der Waals surface area (Å²) in [7, 11) is 1.77. The van der Waals surface area contributed by atoms with Crippen molar-refractivity contribution in [1.82, 2.24) is 9.78 Å². The number of ketones is 1. The number of nitrogens with zero attached hydrogens (tertiary/aromatic N) is 2. The van der Waals surface area contributed by atoms with Gasteiger partial charge in [0.15, 0.2) is 11.5 Å². The second-order valence-electron chi connectivity index (χ2n) is 12.9. The highest BCUT2D eigenvalue weighted by Crippen LogP contribution is 2.69. The molecule has 1 aromatic heterocycles. The molecule has 0 aliphatic heterocycles. The van der Waals surface area contributed by atoms with Gasteiger partial charge in [0, 0.05) is 25.8 Å². The van der Waals surface area contributed by atoms with E-state index in [2.05, 4.69) is 12.0 Å². The monoisotopic (exact) mass is 510 g/mol. The van der Waals surface area contributed by atoms with Crippen LogP contribution in [-0.4, -0.2) is 40.0 Å².